The molecule has 0 atom stereocenters. The molecule has 0 heterocycles. The molecule has 2 aliphatic rings. The first-order valence-corrected chi connectivity index (χ1v) is 3.00. The second-order valence-electron chi connectivity index (χ2n) is 2.36. The van der Waals surface area contributed by atoms with Crippen LogP contribution in [0.3, 0.4) is 0 Å². The van der Waals surface area contributed by atoms with Crippen molar-refractivity contribution in [3.8, 4) is 0 Å². The first-order valence-electron chi connectivity index (χ1n) is 3.00. The Morgan fingerprint density at radius 2 is 1.62 bits per heavy atom. The number of rotatable bonds is 2. The SMILES string of the molecule is CN(C1=CC1)C1=CC1. The van der Waals surface area contributed by atoms with Gasteiger partial charge in [-0.2, -0.15) is 0 Å². The lowest BCUT2D eigenvalue weighted by Crippen LogP contribution is -2.04. The summed E-state index contributed by atoms with van der Waals surface area (Å²) in [6.07, 6.45) is 6.93. The van der Waals surface area contributed by atoms with Gasteiger partial charge in [-0.1, -0.05) is 12.2 Å². The van der Waals surface area contributed by atoms with Crippen LogP contribution < -0.4 is 0 Å². The summed E-state index contributed by atoms with van der Waals surface area (Å²) in [6.45, 7) is 0. The summed E-state index contributed by atoms with van der Waals surface area (Å²) in [7, 11) is 2.14. The van der Waals surface area contributed by atoms with Crippen molar-refractivity contribution in [2.75, 3.05) is 7.05 Å². The minimum absolute atomic E-state index is 1.22. The van der Waals surface area contributed by atoms with Crippen LogP contribution in [0.5, 0.6) is 0 Å². The van der Waals surface area contributed by atoms with Crippen molar-refractivity contribution < 1.29 is 0 Å². The quantitative estimate of drug-likeness (QED) is 0.516. The monoisotopic (exact) mass is 107 g/mol. The second kappa shape index (κ2) is 1.16. The Balaban J connectivity index is 2.03. The first kappa shape index (κ1) is 4.19. The molecule has 0 fully saturated rings. The molecule has 0 aromatic rings. The Bertz CT molecular complexity index is 157. The van der Waals surface area contributed by atoms with Crippen molar-refractivity contribution in [3.63, 3.8) is 0 Å². The molecule has 0 aromatic heterocycles. The predicted octanol–water partition coefficient (Wildman–Crippen LogP) is 1.49. The maximum absolute atomic E-state index is 2.28. The van der Waals surface area contributed by atoms with E-state index in [1.165, 1.54) is 24.2 Å². The van der Waals surface area contributed by atoms with Crippen LogP contribution in [0.4, 0.5) is 0 Å². The van der Waals surface area contributed by atoms with Gasteiger partial charge >= 0.3 is 0 Å². The fourth-order valence-electron chi connectivity index (χ4n) is 0.823. The van der Waals surface area contributed by atoms with E-state index in [0.717, 1.165) is 0 Å². The molecule has 0 unspecified atom stereocenters. The highest BCUT2D eigenvalue weighted by molar-refractivity contribution is 5.31. The Morgan fingerprint density at radius 1 is 1.25 bits per heavy atom. The largest absolute Gasteiger partial charge is 0.352 e. The van der Waals surface area contributed by atoms with E-state index in [2.05, 4.69) is 24.1 Å². The normalized spacial score (nSPS) is 21.6. The zero-order valence-corrected chi connectivity index (χ0v) is 5.02. The van der Waals surface area contributed by atoms with Gasteiger partial charge in [0, 0.05) is 31.3 Å². The van der Waals surface area contributed by atoms with E-state index in [4.69, 9.17) is 0 Å². The molecule has 0 aliphatic heterocycles. The average molecular weight is 107 g/mol. The molecule has 0 spiro atoms. The van der Waals surface area contributed by atoms with E-state index in [0.29, 0.717) is 0 Å². The van der Waals surface area contributed by atoms with E-state index in [-0.39, 0.29) is 0 Å². The van der Waals surface area contributed by atoms with E-state index in [9.17, 15) is 0 Å². The maximum Gasteiger partial charge on any atom is 0.0176 e. The first-order chi connectivity index (χ1) is 3.88. The number of hydrogen-bond acceptors (Lipinski definition) is 1. The van der Waals surface area contributed by atoms with Crippen LogP contribution in [0.1, 0.15) is 12.8 Å². The highest BCUT2D eigenvalue weighted by Gasteiger charge is 2.20. The fourth-order valence-corrected chi connectivity index (χ4v) is 0.823. The van der Waals surface area contributed by atoms with Gasteiger partial charge in [-0.25, -0.2) is 0 Å². The molecule has 0 aromatic carbocycles. The van der Waals surface area contributed by atoms with Crippen LogP contribution in [0, 0.1) is 0 Å². The van der Waals surface area contributed by atoms with Crippen LogP contribution in [0.2, 0.25) is 0 Å². The Hall–Kier alpha value is -0.720. The van der Waals surface area contributed by atoms with E-state index >= 15 is 0 Å². The third kappa shape index (κ3) is 0.548. The zero-order valence-electron chi connectivity index (χ0n) is 5.02. The summed E-state index contributed by atoms with van der Waals surface area (Å²) in [4.78, 5) is 2.28. The summed E-state index contributed by atoms with van der Waals surface area (Å²) in [5, 5.41) is 0. The zero-order chi connectivity index (χ0) is 5.56. The summed E-state index contributed by atoms with van der Waals surface area (Å²) in [5.41, 5.74) is 2.99. The van der Waals surface area contributed by atoms with Gasteiger partial charge in [0.25, 0.3) is 0 Å². The third-order valence-corrected chi connectivity index (χ3v) is 1.64. The molecule has 0 saturated carbocycles. The standard InChI is InChI=1S/C7H9N/c1-8(6-2-3-6)7-4-5-7/h2,4H,3,5H2,1H3. The van der Waals surface area contributed by atoms with Crippen LogP contribution in [0.15, 0.2) is 23.5 Å². The fraction of sp³-hybridized carbons (Fsp3) is 0.429. The minimum atomic E-state index is 1.22. The van der Waals surface area contributed by atoms with Gasteiger partial charge < -0.3 is 4.90 Å². The van der Waals surface area contributed by atoms with E-state index in [1.54, 1.807) is 0 Å². The van der Waals surface area contributed by atoms with Gasteiger partial charge in [-0.15, -0.1) is 0 Å². The maximum atomic E-state index is 2.28. The van der Waals surface area contributed by atoms with E-state index < -0.39 is 0 Å². The highest BCUT2D eigenvalue weighted by Crippen LogP contribution is 2.32. The molecular formula is C7H9N. The Kier molecular flexibility index (Phi) is 0.608. The van der Waals surface area contributed by atoms with Gasteiger partial charge in [-0.05, 0) is 0 Å². The lowest BCUT2D eigenvalue weighted by molar-refractivity contribution is 0.559. The van der Waals surface area contributed by atoms with Crippen molar-refractivity contribution in [1.29, 1.82) is 0 Å². The van der Waals surface area contributed by atoms with Crippen LogP contribution >= 0.6 is 0 Å². The summed E-state index contributed by atoms with van der Waals surface area (Å²) in [5.74, 6) is 0. The molecule has 0 bridgehead atoms. The van der Waals surface area contributed by atoms with Gasteiger partial charge in [0.1, 0.15) is 0 Å². The Morgan fingerprint density at radius 3 is 1.88 bits per heavy atom. The molecule has 0 radical (unpaired) electrons. The van der Waals surface area contributed by atoms with Crippen molar-refractivity contribution in [2.24, 2.45) is 0 Å². The van der Waals surface area contributed by atoms with Crippen molar-refractivity contribution in [1.82, 2.24) is 4.90 Å². The Labute approximate surface area is 49.3 Å². The second-order valence-corrected chi connectivity index (χ2v) is 2.36. The van der Waals surface area contributed by atoms with Gasteiger partial charge in [0.05, 0.1) is 0 Å². The van der Waals surface area contributed by atoms with Crippen LogP contribution in [0.25, 0.3) is 0 Å². The molecule has 2 rings (SSSR count). The predicted molar refractivity (Wildman–Crippen MR) is 33.2 cm³/mol. The smallest absolute Gasteiger partial charge is 0.0176 e. The number of nitrogens with zero attached hydrogens (tertiary/aromatic N) is 1. The molecule has 8 heavy (non-hydrogen) atoms. The molecule has 0 N–H and O–H groups in total. The van der Waals surface area contributed by atoms with Crippen molar-refractivity contribution >= 4 is 0 Å². The highest BCUT2D eigenvalue weighted by atomic mass is 15.1. The van der Waals surface area contributed by atoms with Gasteiger partial charge in [0.15, 0.2) is 0 Å². The molecule has 1 nitrogen and oxygen atoms in total. The molecule has 42 valence electrons. The summed E-state index contributed by atoms with van der Waals surface area (Å²) in [6, 6.07) is 0. The van der Waals surface area contributed by atoms with Crippen molar-refractivity contribution in [2.45, 2.75) is 12.8 Å². The summed E-state index contributed by atoms with van der Waals surface area (Å²) < 4.78 is 0. The molecule has 0 saturated heterocycles. The van der Waals surface area contributed by atoms with E-state index in [1.807, 2.05) is 0 Å². The topological polar surface area (TPSA) is 3.24 Å². The molecule has 2 aliphatic carbocycles. The number of hydrogen-bond donors (Lipinski definition) is 0. The van der Waals surface area contributed by atoms with Gasteiger partial charge in [-0.3, -0.25) is 0 Å². The molecule has 0 amide bonds. The number of allylic oxidation sites excluding steroid dienone is 4. The average Bonchev–Trinajstić information content (AvgIpc) is 2.63. The van der Waals surface area contributed by atoms with Crippen LogP contribution in [-0.4, -0.2) is 11.9 Å². The third-order valence-electron chi connectivity index (χ3n) is 1.64. The minimum Gasteiger partial charge on any atom is -0.352 e. The van der Waals surface area contributed by atoms with Gasteiger partial charge in [0.2, 0.25) is 0 Å². The molecular weight excluding hydrogens is 98.1 g/mol. The molecule has 1 heteroatoms. The van der Waals surface area contributed by atoms with Crippen LogP contribution in [-0.2, 0) is 0 Å². The lowest BCUT2D eigenvalue weighted by Gasteiger charge is -2.08. The van der Waals surface area contributed by atoms with Crippen molar-refractivity contribution in [3.05, 3.63) is 23.5 Å². The summed E-state index contributed by atoms with van der Waals surface area (Å²) >= 11 is 0. The lowest BCUT2D eigenvalue weighted by atomic mass is 10.6.